The molecular formula is C9H11BrO. The molecule has 1 aromatic carbocycles. The fourth-order valence-corrected chi connectivity index (χ4v) is 1.11. The fourth-order valence-electron chi connectivity index (χ4n) is 0.714. The van der Waals surface area contributed by atoms with E-state index in [9.17, 15) is 5.11 Å². The van der Waals surface area contributed by atoms with E-state index >= 15 is 0 Å². The van der Waals surface area contributed by atoms with Crippen LogP contribution in [0.2, 0.25) is 0 Å². The maximum absolute atomic E-state index is 10.1. The molecule has 0 aliphatic heterocycles. The van der Waals surface area contributed by atoms with Crippen LogP contribution in [-0.2, 0) is 5.60 Å². The summed E-state index contributed by atoms with van der Waals surface area (Å²) in [6.07, 6.45) is 0. The number of benzene rings is 1. The maximum Gasteiger partial charge on any atom is 0.0840 e. The topological polar surface area (TPSA) is 20.2 Å². The average molecular weight is 221 g/mol. The second-order valence-corrected chi connectivity index (χ2v) is 3.14. The van der Waals surface area contributed by atoms with Crippen LogP contribution in [0.4, 0.5) is 0 Å². The van der Waals surface area contributed by atoms with Crippen LogP contribution in [0.1, 0.15) is 27.5 Å². The largest absolute Gasteiger partial charge is 0.386 e. The van der Waals surface area contributed by atoms with E-state index < -0.39 is 19.3 Å². The summed E-state index contributed by atoms with van der Waals surface area (Å²) in [5, 5.41) is 10.1. The normalized spacial score (nSPS) is 22.0. The zero-order valence-corrected chi connectivity index (χ0v) is 7.22. The van der Waals surface area contributed by atoms with Gasteiger partial charge < -0.3 is 5.11 Å². The molecule has 0 heterocycles. The van der Waals surface area contributed by atoms with Crippen LogP contribution >= 0.6 is 15.9 Å². The predicted molar refractivity (Wildman–Crippen MR) is 49.4 cm³/mol. The molecule has 0 aliphatic rings. The number of hydrogen-bond donors (Lipinski definition) is 1. The van der Waals surface area contributed by atoms with Gasteiger partial charge >= 0.3 is 0 Å². The fraction of sp³-hybridized carbons (Fsp3) is 0.333. The third kappa shape index (κ3) is 2.31. The molecule has 1 nitrogen and oxygen atoms in total. The van der Waals surface area contributed by atoms with Crippen LogP contribution in [0.3, 0.4) is 0 Å². The van der Waals surface area contributed by atoms with E-state index in [1.54, 1.807) is 6.07 Å². The Morgan fingerprint density at radius 1 is 1.55 bits per heavy atom. The van der Waals surface area contributed by atoms with Gasteiger partial charge in [0.25, 0.3) is 0 Å². The average Bonchev–Trinajstić information content (AvgIpc) is 2.12. The van der Waals surface area contributed by atoms with E-state index in [0.29, 0.717) is 4.47 Å². The molecule has 60 valence electrons. The molecular weight excluding hydrogens is 204 g/mol. The first kappa shape index (κ1) is 3.58. The Kier molecular flexibility index (Phi) is 0.962. The first-order valence-electron chi connectivity index (χ1n) is 5.98. The predicted octanol–water partition coefficient (Wildman–Crippen LogP) is 2.68. The van der Waals surface area contributed by atoms with Crippen molar-refractivity contribution in [2.24, 2.45) is 0 Å². The van der Waals surface area contributed by atoms with Gasteiger partial charge in [-0.15, -0.1) is 0 Å². The minimum absolute atomic E-state index is 0.160. The number of aliphatic hydroxyl groups is 1. The Labute approximate surface area is 83.6 Å². The van der Waals surface area contributed by atoms with E-state index in [1.807, 2.05) is 0 Å². The lowest BCUT2D eigenvalue weighted by atomic mass is 9.99. The first-order valence-corrected chi connectivity index (χ1v) is 3.78. The van der Waals surface area contributed by atoms with Gasteiger partial charge in [0.15, 0.2) is 0 Å². The maximum atomic E-state index is 10.1. The molecule has 0 atom stereocenters. The lowest BCUT2D eigenvalue weighted by Crippen LogP contribution is -2.14. The second-order valence-electron chi connectivity index (χ2n) is 2.22. The SMILES string of the molecule is [2H]C([2H])([2H])C(O)(c1cccc(Br)c1)C([2H])([2H])[2H]. The van der Waals surface area contributed by atoms with Gasteiger partial charge in [-0.25, -0.2) is 0 Å². The highest BCUT2D eigenvalue weighted by Gasteiger charge is 2.14. The first-order chi connectivity index (χ1) is 7.50. The van der Waals surface area contributed by atoms with Gasteiger partial charge in [0.1, 0.15) is 0 Å². The van der Waals surface area contributed by atoms with Gasteiger partial charge in [0.2, 0.25) is 0 Å². The van der Waals surface area contributed by atoms with Crippen molar-refractivity contribution in [1.82, 2.24) is 0 Å². The van der Waals surface area contributed by atoms with Gasteiger partial charge in [-0.2, -0.15) is 0 Å². The third-order valence-corrected chi connectivity index (χ3v) is 1.74. The quantitative estimate of drug-likeness (QED) is 0.772. The molecule has 1 N–H and O–H groups in total. The van der Waals surface area contributed by atoms with Crippen molar-refractivity contribution >= 4 is 15.9 Å². The zero-order valence-electron chi connectivity index (χ0n) is 11.6. The Bertz CT molecular complexity index is 397. The van der Waals surface area contributed by atoms with E-state index in [0.717, 1.165) is 0 Å². The van der Waals surface area contributed by atoms with Gasteiger partial charge in [-0.3, -0.25) is 0 Å². The van der Waals surface area contributed by atoms with Crippen molar-refractivity contribution in [3.63, 3.8) is 0 Å². The minimum atomic E-state index is -3.04. The van der Waals surface area contributed by atoms with Crippen molar-refractivity contribution in [3.05, 3.63) is 34.3 Å². The van der Waals surface area contributed by atoms with Crippen molar-refractivity contribution in [2.45, 2.75) is 19.3 Å². The molecule has 0 bridgehead atoms. The van der Waals surface area contributed by atoms with Crippen LogP contribution < -0.4 is 0 Å². The molecule has 2 heteroatoms. The smallest absolute Gasteiger partial charge is 0.0840 e. The highest BCUT2D eigenvalue weighted by atomic mass is 79.9. The number of halogens is 1. The molecule has 0 aromatic heterocycles. The summed E-state index contributed by atoms with van der Waals surface area (Å²) >= 11 is 3.11. The van der Waals surface area contributed by atoms with Crippen LogP contribution in [0, 0.1) is 0 Å². The molecule has 0 saturated carbocycles. The Morgan fingerprint density at radius 2 is 2.27 bits per heavy atom. The lowest BCUT2D eigenvalue weighted by molar-refractivity contribution is 0.0785. The third-order valence-electron chi connectivity index (χ3n) is 1.24. The molecule has 0 aliphatic carbocycles. The zero-order chi connectivity index (χ0) is 13.5. The van der Waals surface area contributed by atoms with Crippen molar-refractivity contribution in [1.29, 1.82) is 0 Å². The summed E-state index contributed by atoms with van der Waals surface area (Å²) < 4.78 is 44.0. The molecule has 1 rings (SSSR count). The summed E-state index contributed by atoms with van der Waals surface area (Å²) in [6.45, 7) is -6.09. The van der Waals surface area contributed by atoms with E-state index in [2.05, 4.69) is 15.9 Å². The standard InChI is InChI=1S/C9H11BrO/c1-9(2,11)7-4-3-5-8(10)6-7/h3-6,11H,1-2H3/i1D3,2D3. The Balaban J connectivity index is 3.46. The molecule has 0 amide bonds. The second kappa shape index (κ2) is 2.95. The number of rotatable bonds is 1. The monoisotopic (exact) mass is 220 g/mol. The van der Waals surface area contributed by atoms with Gasteiger partial charge in [-0.1, -0.05) is 28.1 Å². The van der Waals surface area contributed by atoms with Crippen LogP contribution in [0.25, 0.3) is 0 Å². The summed E-state index contributed by atoms with van der Waals surface area (Å²) in [5.41, 5.74) is -3.03. The Morgan fingerprint density at radius 3 is 2.82 bits per heavy atom. The molecule has 0 radical (unpaired) electrons. The molecule has 11 heavy (non-hydrogen) atoms. The summed E-state index contributed by atoms with van der Waals surface area (Å²) in [7, 11) is 0. The highest BCUT2D eigenvalue weighted by Crippen LogP contribution is 2.22. The van der Waals surface area contributed by atoms with Crippen LogP contribution in [-0.4, -0.2) is 5.11 Å². The van der Waals surface area contributed by atoms with E-state index in [-0.39, 0.29) is 5.56 Å². The van der Waals surface area contributed by atoms with Gasteiger partial charge in [-0.05, 0) is 31.4 Å². The van der Waals surface area contributed by atoms with Crippen LogP contribution in [0.15, 0.2) is 28.7 Å². The van der Waals surface area contributed by atoms with Crippen molar-refractivity contribution in [3.8, 4) is 0 Å². The van der Waals surface area contributed by atoms with Gasteiger partial charge in [0.05, 0.1) is 5.60 Å². The van der Waals surface area contributed by atoms with Gasteiger partial charge in [0, 0.05) is 12.7 Å². The molecule has 0 fully saturated rings. The Hall–Kier alpha value is -0.340. The van der Waals surface area contributed by atoms with Crippen molar-refractivity contribution < 1.29 is 13.3 Å². The molecule has 0 unspecified atom stereocenters. The minimum Gasteiger partial charge on any atom is -0.386 e. The highest BCUT2D eigenvalue weighted by molar-refractivity contribution is 9.10. The molecule has 1 aromatic rings. The summed E-state index contributed by atoms with van der Waals surface area (Å²) in [5.74, 6) is 0. The molecule has 0 saturated heterocycles. The van der Waals surface area contributed by atoms with Crippen molar-refractivity contribution in [2.75, 3.05) is 0 Å². The van der Waals surface area contributed by atoms with E-state index in [1.165, 1.54) is 18.2 Å². The lowest BCUT2D eigenvalue weighted by Gasteiger charge is -2.17. The summed E-state index contributed by atoms with van der Waals surface area (Å²) in [4.78, 5) is 0. The van der Waals surface area contributed by atoms with Crippen LogP contribution in [0.5, 0.6) is 0 Å². The molecule has 0 spiro atoms. The summed E-state index contributed by atoms with van der Waals surface area (Å²) in [6, 6.07) is 5.66. The number of hydrogen-bond acceptors (Lipinski definition) is 1. The van der Waals surface area contributed by atoms with E-state index in [4.69, 9.17) is 8.22 Å².